The van der Waals surface area contributed by atoms with Crippen molar-refractivity contribution in [2.45, 2.75) is 32.4 Å². The summed E-state index contributed by atoms with van der Waals surface area (Å²) in [7, 11) is 3.48. The zero-order valence-electron chi connectivity index (χ0n) is 19.0. The fourth-order valence-corrected chi connectivity index (χ4v) is 3.70. The second-order valence-corrected chi connectivity index (χ2v) is 8.15. The Morgan fingerprint density at radius 3 is 2.66 bits per heavy atom. The molecule has 1 fully saturated rings. The minimum Gasteiger partial charge on any atom is -0.369 e. The van der Waals surface area contributed by atoms with Gasteiger partial charge < -0.3 is 20.4 Å². The summed E-state index contributed by atoms with van der Waals surface area (Å²) in [4.78, 5) is 20.6. The number of nitrogens with one attached hydrogen (secondary N) is 2. The normalized spacial score (nSPS) is 16.2. The Balaban J connectivity index is 0.00000363. The minimum atomic E-state index is -0.210. The molecular weight excluding hydrogens is 520 g/mol. The van der Waals surface area contributed by atoms with Crippen LogP contribution in [0.3, 0.4) is 0 Å². The molecule has 0 spiro atoms. The van der Waals surface area contributed by atoms with E-state index in [0.717, 1.165) is 42.7 Å². The summed E-state index contributed by atoms with van der Waals surface area (Å²) >= 11 is 0. The number of hydrogen-bond acceptors (Lipinski definition) is 3. The Labute approximate surface area is 207 Å². The van der Waals surface area contributed by atoms with Gasteiger partial charge in [0.25, 0.3) is 0 Å². The van der Waals surface area contributed by atoms with Crippen molar-refractivity contribution in [1.82, 2.24) is 15.5 Å². The van der Waals surface area contributed by atoms with Gasteiger partial charge in [0.1, 0.15) is 5.82 Å². The van der Waals surface area contributed by atoms with Crippen molar-refractivity contribution >= 4 is 41.5 Å². The van der Waals surface area contributed by atoms with Gasteiger partial charge in [0.15, 0.2) is 5.96 Å². The fourth-order valence-electron chi connectivity index (χ4n) is 3.70. The number of carbonyl (C=O) groups excluding carboxylic acids is 1. The van der Waals surface area contributed by atoms with Crippen LogP contribution in [0.4, 0.5) is 10.1 Å². The maximum Gasteiger partial charge on any atom is 0.241 e. The molecule has 2 aromatic carbocycles. The molecule has 1 aliphatic rings. The first-order valence-electron chi connectivity index (χ1n) is 10.7. The predicted molar refractivity (Wildman–Crippen MR) is 139 cm³/mol. The Bertz CT molecular complexity index is 907. The fraction of sp³-hybridized carbons (Fsp3) is 0.417. The molecule has 3 rings (SSSR count). The molecule has 1 aliphatic heterocycles. The quantitative estimate of drug-likeness (QED) is 0.327. The van der Waals surface area contributed by atoms with Crippen LogP contribution in [-0.2, 0) is 11.3 Å². The molecule has 1 saturated heterocycles. The van der Waals surface area contributed by atoms with Crippen LogP contribution in [-0.4, -0.2) is 56.5 Å². The molecule has 32 heavy (non-hydrogen) atoms. The summed E-state index contributed by atoms with van der Waals surface area (Å²) in [6.07, 6.45) is 2.03. The maximum absolute atomic E-state index is 13.5. The molecule has 1 heterocycles. The van der Waals surface area contributed by atoms with Gasteiger partial charge in [0, 0.05) is 38.9 Å². The minimum absolute atomic E-state index is 0. The Kier molecular flexibility index (Phi) is 10.2. The number of rotatable bonds is 6. The molecule has 1 unspecified atom stereocenters. The smallest absolute Gasteiger partial charge is 0.241 e. The number of nitrogens with zero attached hydrogens (tertiary/aromatic N) is 3. The summed E-state index contributed by atoms with van der Waals surface area (Å²) in [6, 6.07) is 15.1. The molecule has 1 atom stereocenters. The molecule has 0 aromatic heterocycles. The Morgan fingerprint density at radius 1 is 1.22 bits per heavy atom. The van der Waals surface area contributed by atoms with E-state index in [0.29, 0.717) is 12.5 Å². The van der Waals surface area contributed by atoms with Gasteiger partial charge in [0.2, 0.25) is 5.91 Å². The summed E-state index contributed by atoms with van der Waals surface area (Å²) in [5.41, 5.74) is 3.11. The summed E-state index contributed by atoms with van der Waals surface area (Å²) in [5, 5.41) is 6.67. The highest BCUT2D eigenvalue weighted by Crippen LogP contribution is 2.24. The highest BCUT2D eigenvalue weighted by Gasteiger charge is 2.22. The number of benzene rings is 2. The van der Waals surface area contributed by atoms with Crippen LogP contribution >= 0.6 is 24.0 Å². The molecule has 2 N–H and O–H groups in total. The number of aliphatic imine (C=N–C) groups is 1. The number of aryl methyl sites for hydroxylation is 1. The lowest BCUT2D eigenvalue weighted by Gasteiger charge is -2.36. The molecule has 0 saturated carbocycles. The van der Waals surface area contributed by atoms with E-state index in [-0.39, 0.29) is 48.3 Å². The molecular formula is C24H33FIN5O. The van der Waals surface area contributed by atoms with Crippen molar-refractivity contribution in [3.05, 3.63) is 65.5 Å². The topological polar surface area (TPSA) is 60.0 Å². The van der Waals surface area contributed by atoms with Gasteiger partial charge in [-0.2, -0.15) is 0 Å². The number of anilines is 1. The number of halogens is 2. The van der Waals surface area contributed by atoms with Gasteiger partial charge in [-0.3, -0.25) is 4.79 Å². The monoisotopic (exact) mass is 553 g/mol. The Morgan fingerprint density at radius 2 is 1.97 bits per heavy atom. The van der Waals surface area contributed by atoms with Crippen molar-refractivity contribution in [3.63, 3.8) is 0 Å². The van der Waals surface area contributed by atoms with E-state index in [1.807, 2.05) is 43.3 Å². The lowest BCUT2D eigenvalue weighted by Crippen LogP contribution is -2.52. The van der Waals surface area contributed by atoms with E-state index in [2.05, 4.69) is 15.5 Å². The van der Waals surface area contributed by atoms with E-state index in [1.54, 1.807) is 25.1 Å². The van der Waals surface area contributed by atoms with E-state index in [4.69, 9.17) is 4.99 Å². The Hall–Kier alpha value is -2.36. The third-order valence-corrected chi connectivity index (χ3v) is 5.43. The van der Waals surface area contributed by atoms with Gasteiger partial charge in [-0.05, 0) is 49.1 Å². The highest BCUT2D eigenvalue weighted by atomic mass is 127. The van der Waals surface area contributed by atoms with E-state index >= 15 is 0 Å². The van der Waals surface area contributed by atoms with Gasteiger partial charge >= 0.3 is 0 Å². The number of amides is 1. The standard InChI is InChI=1S/C24H32FN5O.HI/c1-18-14-20(25)11-12-22(18)30-13-7-10-21(17-30)28-24(27-16-23(31)29(2)3)26-15-19-8-5-4-6-9-19;/h4-6,8-9,11-12,14,21H,7,10,13,15-17H2,1-3H3,(H2,26,27,28);1H. The zero-order valence-corrected chi connectivity index (χ0v) is 21.3. The van der Waals surface area contributed by atoms with Gasteiger partial charge in [-0.1, -0.05) is 30.3 Å². The highest BCUT2D eigenvalue weighted by molar-refractivity contribution is 14.0. The zero-order chi connectivity index (χ0) is 22.2. The molecule has 6 nitrogen and oxygen atoms in total. The summed E-state index contributed by atoms with van der Waals surface area (Å²) in [6.45, 7) is 4.38. The van der Waals surface area contributed by atoms with Crippen molar-refractivity contribution in [1.29, 1.82) is 0 Å². The first kappa shape index (κ1) is 25.9. The SMILES string of the molecule is Cc1cc(F)ccc1N1CCCC(NC(=NCc2ccccc2)NCC(=O)N(C)C)C1.I. The predicted octanol–water partition coefficient (Wildman–Crippen LogP) is 3.54. The average Bonchev–Trinajstić information content (AvgIpc) is 2.76. The van der Waals surface area contributed by atoms with E-state index in [1.165, 1.54) is 6.07 Å². The second kappa shape index (κ2) is 12.6. The van der Waals surface area contributed by atoms with Gasteiger partial charge in [0.05, 0.1) is 13.1 Å². The molecule has 2 aromatic rings. The van der Waals surface area contributed by atoms with Crippen LogP contribution in [0.5, 0.6) is 0 Å². The largest absolute Gasteiger partial charge is 0.369 e. The molecule has 0 aliphatic carbocycles. The number of likely N-dealkylation sites (N-methyl/N-ethyl adjacent to an activating group) is 1. The number of hydrogen-bond donors (Lipinski definition) is 2. The van der Waals surface area contributed by atoms with Crippen molar-refractivity contribution in [2.75, 3.05) is 38.6 Å². The van der Waals surface area contributed by atoms with Crippen molar-refractivity contribution in [3.8, 4) is 0 Å². The van der Waals surface area contributed by atoms with Crippen LogP contribution in [0.2, 0.25) is 0 Å². The lowest BCUT2D eigenvalue weighted by atomic mass is 10.0. The van der Waals surface area contributed by atoms with E-state index in [9.17, 15) is 9.18 Å². The first-order valence-corrected chi connectivity index (χ1v) is 10.7. The van der Waals surface area contributed by atoms with Crippen molar-refractivity contribution in [2.24, 2.45) is 4.99 Å². The van der Waals surface area contributed by atoms with Gasteiger partial charge in [-0.15, -0.1) is 24.0 Å². The van der Waals surface area contributed by atoms with Crippen LogP contribution in [0, 0.1) is 12.7 Å². The van der Waals surface area contributed by atoms with Crippen LogP contribution in [0.25, 0.3) is 0 Å². The molecule has 8 heteroatoms. The molecule has 0 bridgehead atoms. The van der Waals surface area contributed by atoms with Crippen LogP contribution in [0.1, 0.15) is 24.0 Å². The number of carbonyl (C=O) groups is 1. The average molecular weight is 553 g/mol. The van der Waals surface area contributed by atoms with Gasteiger partial charge in [-0.25, -0.2) is 9.38 Å². The number of guanidine groups is 1. The maximum atomic E-state index is 13.5. The summed E-state index contributed by atoms with van der Waals surface area (Å²) in [5.74, 6) is 0.404. The van der Waals surface area contributed by atoms with E-state index < -0.39 is 0 Å². The van der Waals surface area contributed by atoms with Crippen molar-refractivity contribution < 1.29 is 9.18 Å². The van der Waals surface area contributed by atoms with Crippen LogP contribution < -0.4 is 15.5 Å². The number of piperidine rings is 1. The molecule has 0 radical (unpaired) electrons. The molecule has 174 valence electrons. The van der Waals surface area contributed by atoms with Crippen LogP contribution in [0.15, 0.2) is 53.5 Å². The second-order valence-electron chi connectivity index (χ2n) is 8.15. The first-order chi connectivity index (χ1) is 14.9. The third kappa shape index (κ3) is 7.65. The molecule has 1 amide bonds. The third-order valence-electron chi connectivity index (χ3n) is 5.43. The lowest BCUT2D eigenvalue weighted by molar-refractivity contribution is -0.127. The summed E-state index contributed by atoms with van der Waals surface area (Å²) < 4.78 is 13.5.